The molecule has 0 aromatic rings. The molecule has 1 unspecified atom stereocenters. The maximum atomic E-state index is 5.43. The molecule has 4 heteroatoms. The van der Waals surface area contributed by atoms with Crippen molar-refractivity contribution >= 4 is 24.8 Å². The normalized spacial score (nSPS) is 23.0. The summed E-state index contributed by atoms with van der Waals surface area (Å²) in [6, 6.07) is 0.837. The molecule has 2 N–H and O–H groups in total. The lowest BCUT2D eigenvalue weighted by atomic mass is 10.1. The number of hydrogen-bond acceptors (Lipinski definition) is 2. The van der Waals surface area contributed by atoms with Crippen LogP contribution in [0.4, 0.5) is 0 Å². The summed E-state index contributed by atoms with van der Waals surface area (Å²) in [6.45, 7) is 2.14. The zero-order valence-electron chi connectivity index (χ0n) is 7.66. The number of rotatable bonds is 3. The summed E-state index contributed by atoms with van der Waals surface area (Å²) >= 11 is 0. The Morgan fingerprint density at radius 2 is 2.08 bits per heavy atom. The predicted molar refractivity (Wildman–Crippen MR) is 58.4 cm³/mol. The molecule has 0 aliphatic carbocycles. The van der Waals surface area contributed by atoms with Gasteiger partial charge in [0.2, 0.25) is 0 Å². The highest BCUT2D eigenvalue weighted by Gasteiger charge is 2.19. The number of hydrogen-bond donors (Lipinski definition) is 1. The number of halogens is 2. The van der Waals surface area contributed by atoms with E-state index in [0.717, 1.165) is 12.6 Å². The van der Waals surface area contributed by atoms with Gasteiger partial charge in [-0.2, -0.15) is 0 Å². The monoisotopic (exact) mass is 214 g/mol. The Labute approximate surface area is 87.7 Å². The molecule has 0 saturated carbocycles. The van der Waals surface area contributed by atoms with Gasteiger partial charge >= 0.3 is 0 Å². The minimum Gasteiger partial charge on any atom is -0.330 e. The molecular weight excluding hydrogens is 195 g/mol. The topological polar surface area (TPSA) is 29.3 Å². The van der Waals surface area contributed by atoms with E-state index in [2.05, 4.69) is 11.9 Å². The fraction of sp³-hybridized carbons (Fsp3) is 1.00. The van der Waals surface area contributed by atoms with Crippen LogP contribution >= 0.6 is 24.8 Å². The van der Waals surface area contributed by atoms with Crippen LogP contribution in [-0.4, -0.2) is 31.1 Å². The quantitative estimate of drug-likeness (QED) is 0.775. The first-order valence-corrected chi connectivity index (χ1v) is 4.25. The minimum atomic E-state index is 0. The summed E-state index contributed by atoms with van der Waals surface area (Å²) in [7, 11) is 2.22. The van der Waals surface area contributed by atoms with Crippen molar-refractivity contribution in [2.75, 3.05) is 20.1 Å². The molecule has 1 fully saturated rings. The zero-order valence-corrected chi connectivity index (χ0v) is 9.29. The largest absolute Gasteiger partial charge is 0.330 e. The van der Waals surface area contributed by atoms with Crippen LogP contribution < -0.4 is 5.73 Å². The number of nitrogens with two attached hydrogens (primary N) is 1. The van der Waals surface area contributed by atoms with Crippen molar-refractivity contribution in [2.24, 2.45) is 5.73 Å². The van der Waals surface area contributed by atoms with Crippen molar-refractivity contribution in [3.05, 3.63) is 0 Å². The van der Waals surface area contributed by atoms with E-state index in [-0.39, 0.29) is 24.8 Å². The third-order valence-electron chi connectivity index (χ3n) is 2.41. The Balaban J connectivity index is 0. The van der Waals surface area contributed by atoms with Crippen molar-refractivity contribution in [2.45, 2.75) is 31.7 Å². The molecular formula is C8H20Cl2N2. The summed E-state index contributed by atoms with van der Waals surface area (Å²) in [5, 5.41) is 0. The van der Waals surface area contributed by atoms with Crippen molar-refractivity contribution < 1.29 is 0 Å². The lowest BCUT2D eigenvalue weighted by Gasteiger charge is -2.18. The summed E-state index contributed by atoms with van der Waals surface area (Å²) < 4.78 is 0. The first-order chi connectivity index (χ1) is 4.84. The first kappa shape index (κ1) is 15.0. The molecule has 0 amide bonds. The third-order valence-corrected chi connectivity index (χ3v) is 2.41. The van der Waals surface area contributed by atoms with Gasteiger partial charge in [0, 0.05) is 6.04 Å². The summed E-state index contributed by atoms with van der Waals surface area (Å²) in [6.07, 6.45) is 5.25. The van der Waals surface area contributed by atoms with E-state index >= 15 is 0 Å². The van der Waals surface area contributed by atoms with Gasteiger partial charge in [-0.1, -0.05) is 0 Å². The highest BCUT2D eigenvalue weighted by Crippen LogP contribution is 2.18. The van der Waals surface area contributed by atoms with Gasteiger partial charge in [0.15, 0.2) is 0 Å². The lowest BCUT2D eigenvalue weighted by Crippen LogP contribution is -2.25. The average Bonchev–Trinajstić information content (AvgIpc) is 2.31. The fourth-order valence-corrected chi connectivity index (χ4v) is 1.70. The van der Waals surface area contributed by atoms with E-state index in [0.29, 0.717) is 0 Å². The van der Waals surface area contributed by atoms with Gasteiger partial charge in [0.05, 0.1) is 0 Å². The standard InChI is InChI=1S/C8H18N2.2ClH/c1-10-7-3-5-8(10)4-2-6-9;;/h8H,2-7,9H2,1H3;2*1H. The van der Waals surface area contributed by atoms with Gasteiger partial charge in [-0.15, -0.1) is 24.8 Å². The summed E-state index contributed by atoms with van der Waals surface area (Å²) in [5.41, 5.74) is 5.43. The van der Waals surface area contributed by atoms with Crippen LogP contribution in [0.3, 0.4) is 0 Å². The van der Waals surface area contributed by atoms with Crippen LogP contribution in [0.5, 0.6) is 0 Å². The van der Waals surface area contributed by atoms with Crippen LogP contribution in [0.1, 0.15) is 25.7 Å². The van der Waals surface area contributed by atoms with Crippen molar-refractivity contribution in [1.82, 2.24) is 4.90 Å². The number of likely N-dealkylation sites (tertiary alicyclic amines) is 1. The highest BCUT2D eigenvalue weighted by atomic mass is 35.5. The molecule has 0 bridgehead atoms. The molecule has 0 aromatic carbocycles. The molecule has 2 nitrogen and oxygen atoms in total. The summed E-state index contributed by atoms with van der Waals surface area (Å²) in [4.78, 5) is 2.45. The Morgan fingerprint density at radius 3 is 2.50 bits per heavy atom. The molecule has 0 radical (unpaired) electrons. The van der Waals surface area contributed by atoms with Crippen LogP contribution in [0.2, 0.25) is 0 Å². The van der Waals surface area contributed by atoms with E-state index in [1.54, 1.807) is 0 Å². The van der Waals surface area contributed by atoms with Crippen LogP contribution in [0.25, 0.3) is 0 Å². The minimum absolute atomic E-state index is 0. The van der Waals surface area contributed by atoms with E-state index in [1.165, 1.54) is 32.2 Å². The second-order valence-electron chi connectivity index (χ2n) is 3.21. The second-order valence-corrected chi connectivity index (χ2v) is 3.21. The van der Waals surface area contributed by atoms with Crippen molar-refractivity contribution in [1.29, 1.82) is 0 Å². The lowest BCUT2D eigenvalue weighted by molar-refractivity contribution is 0.293. The Bertz CT molecular complexity index is 101. The van der Waals surface area contributed by atoms with E-state index in [9.17, 15) is 0 Å². The SMILES string of the molecule is CN1CCCC1CCCN.Cl.Cl. The molecule has 1 aliphatic heterocycles. The first-order valence-electron chi connectivity index (χ1n) is 4.25. The predicted octanol–water partition coefficient (Wildman–Crippen LogP) is 1.66. The van der Waals surface area contributed by atoms with Crippen LogP contribution in [-0.2, 0) is 0 Å². The van der Waals surface area contributed by atoms with E-state index < -0.39 is 0 Å². The Kier molecular flexibility index (Phi) is 10.1. The number of nitrogens with zero attached hydrogens (tertiary/aromatic N) is 1. The van der Waals surface area contributed by atoms with Gasteiger partial charge in [-0.25, -0.2) is 0 Å². The smallest absolute Gasteiger partial charge is 0.00931 e. The van der Waals surface area contributed by atoms with Crippen LogP contribution in [0, 0.1) is 0 Å². The van der Waals surface area contributed by atoms with E-state index in [1.807, 2.05) is 0 Å². The second kappa shape index (κ2) is 8.11. The van der Waals surface area contributed by atoms with Gasteiger partial charge in [-0.05, 0) is 45.8 Å². The fourth-order valence-electron chi connectivity index (χ4n) is 1.70. The van der Waals surface area contributed by atoms with Crippen molar-refractivity contribution in [3.63, 3.8) is 0 Å². The Hall–Kier alpha value is 0.500. The maximum absolute atomic E-state index is 5.43. The molecule has 76 valence electrons. The van der Waals surface area contributed by atoms with Gasteiger partial charge < -0.3 is 10.6 Å². The van der Waals surface area contributed by atoms with Gasteiger partial charge in [-0.3, -0.25) is 0 Å². The molecule has 0 aromatic heterocycles. The molecule has 12 heavy (non-hydrogen) atoms. The van der Waals surface area contributed by atoms with E-state index in [4.69, 9.17) is 5.73 Å². The summed E-state index contributed by atoms with van der Waals surface area (Å²) in [5.74, 6) is 0. The Morgan fingerprint density at radius 1 is 1.42 bits per heavy atom. The van der Waals surface area contributed by atoms with Gasteiger partial charge in [0.25, 0.3) is 0 Å². The molecule has 0 spiro atoms. The maximum Gasteiger partial charge on any atom is 0.00931 e. The zero-order chi connectivity index (χ0) is 7.40. The molecule has 1 heterocycles. The molecule has 1 saturated heterocycles. The van der Waals surface area contributed by atoms with Gasteiger partial charge in [0.1, 0.15) is 0 Å². The van der Waals surface area contributed by atoms with Crippen molar-refractivity contribution in [3.8, 4) is 0 Å². The molecule has 1 atom stereocenters. The molecule has 1 rings (SSSR count). The molecule has 1 aliphatic rings. The third kappa shape index (κ3) is 4.51. The van der Waals surface area contributed by atoms with Crippen LogP contribution in [0.15, 0.2) is 0 Å². The highest BCUT2D eigenvalue weighted by molar-refractivity contribution is 5.85. The average molecular weight is 215 g/mol.